The Bertz CT molecular complexity index is 1140. The minimum atomic E-state index is -3.93. The van der Waals surface area contributed by atoms with E-state index in [1.165, 1.54) is 4.31 Å². The molecule has 0 radical (unpaired) electrons. The van der Waals surface area contributed by atoms with E-state index in [9.17, 15) is 13.2 Å². The third-order valence-electron chi connectivity index (χ3n) is 6.91. The molecule has 198 valence electrons. The number of carbonyl (C=O) groups excluding carboxylic acids is 1. The number of benzene rings is 1. The predicted octanol–water partition coefficient (Wildman–Crippen LogP) is 3.02. The molecule has 0 bridgehead atoms. The van der Waals surface area contributed by atoms with E-state index in [-0.39, 0.29) is 16.5 Å². The van der Waals surface area contributed by atoms with Crippen LogP contribution in [0.2, 0.25) is 5.02 Å². The standard InChI is InChI=1S/C25H37ClN6O3S/c1-3-5-11-28-12-14-30(15-13-28)25(33)21-20-31(10-4-2)27-24(21)36(34,35)32-18-16-29(17-19-32)23-9-7-6-8-22(23)26/h6-9,20H,3-5,10-19H2,1-2H3. The Hall–Kier alpha value is -2.14. The first-order chi connectivity index (χ1) is 17.3. The van der Waals surface area contributed by atoms with Gasteiger partial charge in [0.2, 0.25) is 5.03 Å². The van der Waals surface area contributed by atoms with Crippen molar-refractivity contribution in [1.29, 1.82) is 0 Å². The fourth-order valence-corrected chi connectivity index (χ4v) is 6.58. The van der Waals surface area contributed by atoms with E-state index in [0.29, 0.717) is 50.8 Å². The van der Waals surface area contributed by atoms with Crippen LogP contribution >= 0.6 is 11.6 Å². The number of anilines is 1. The van der Waals surface area contributed by atoms with Crippen LogP contribution in [0.25, 0.3) is 0 Å². The molecule has 9 nitrogen and oxygen atoms in total. The molecule has 3 heterocycles. The number of nitrogens with zero attached hydrogens (tertiary/aromatic N) is 6. The lowest BCUT2D eigenvalue weighted by Crippen LogP contribution is -2.50. The topological polar surface area (TPSA) is 82.0 Å². The zero-order chi connectivity index (χ0) is 25.7. The number of halogens is 1. The van der Waals surface area contributed by atoms with Gasteiger partial charge in [-0.25, -0.2) is 8.42 Å². The predicted molar refractivity (Wildman–Crippen MR) is 142 cm³/mol. The largest absolute Gasteiger partial charge is 0.368 e. The molecule has 2 fully saturated rings. The van der Waals surface area contributed by atoms with Crippen LogP contribution in [0.1, 0.15) is 43.5 Å². The van der Waals surface area contributed by atoms with Crippen molar-refractivity contribution in [2.45, 2.75) is 44.7 Å². The maximum Gasteiger partial charge on any atom is 0.263 e. The van der Waals surface area contributed by atoms with Gasteiger partial charge >= 0.3 is 0 Å². The number of para-hydroxylation sites is 1. The van der Waals surface area contributed by atoms with Gasteiger partial charge in [0.05, 0.1) is 16.3 Å². The molecular formula is C25H37ClN6O3S. The Kier molecular flexibility index (Phi) is 8.92. The molecule has 4 rings (SSSR count). The van der Waals surface area contributed by atoms with E-state index in [1.54, 1.807) is 15.8 Å². The van der Waals surface area contributed by atoms with E-state index in [2.05, 4.69) is 21.8 Å². The maximum absolute atomic E-state index is 13.7. The minimum Gasteiger partial charge on any atom is -0.368 e. The van der Waals surface area contributed by atoms with Crippen molar-refractivity contribution >= 4 is 33.2 Å². The Morgan fingerprint density at radius 1 is 0.944 bits per heavy atom. The first-order valence-electron chi connectivity index (χ1n) is 12.9. The third-order valence-corrected chi connectivity index (χ3v) is 9.07. The molecular weight excluding hydrogens is 500 g/mol. The van der Waals surface area contributed by atoms with Crippen molar-refractivity contribution in [1.82, 2.24) is 23.9 Å². The molecule has 2 aromatic rings. The first-order valence-corrected chi connectivity index (χ1v) is 14.8. The Morgan fingerprint density at radius 3 is 2.28 bits per heavy atom. The SMILES string of the molecule is CCCCN1CCN(C(=O)c2cn(CCC)nc2S(=O)(=O)N2CCN(c3ccccc3Cl)CC2)CC1. The van der Waals surface area contributed by atoms with Gasteiger partial charge in [-0.2, -0.15) is 9.40 Å². The molecule has 1 aromatic carbocycles. The highest BCUT2D eigenvalue weighted by atomic mass is 35.5. The highest BCUT2D eigenvalue weighted by molar-refractivity contribution is 7.89. The van der Waals surface area contributed by atoms with Gasteiger partial charge in [0.1, 0.15) is 0 Å². The molecule has 0 atom stereocenters. The molecule has 2 aliphatic rings. The van der Waals surface area contributed by atoms with Crippen molar-refractivity contribution in [2.24, 2.45) is 0 Å². The summed E-state index contributed by atoms with van der Waals surface area (Å²) in [5.74, 6) is -0.249. The summed E-state index contributed by atoms with van der Waals surface area (Å²) in [6.07, 6.45) is 4.69. The lowest BCUT2D eigenvalue weighted by molar-refractivity contribution is 0.0631. The molecule has 0 unspecified atom stereocenters. The highest BCUT2D eigenvalue weighted by Crippen LogP contribution is 2.28. The average molecular weight is 537 g/mol. The number of aromatic nitrogens is 2. The van der Waals surface area contributed by atoms with Gasteiger partial charge < -0.3 is 9.80 Å². The summed E-state index contributed by atoms with van der Waals surface area (Å²) in [4.78, 5) is 19.7. The fourth-order valence-electron chi connectivity index (χ4n) is 4.81. The zero-order valence-corrected chi connectivity index (χ0v) is 22.8. The van der Waals surface area contributed by atoms with Gasteiger partial charge in [-0.1, -0.05) is 44.0 Å². The summed E-state index contributed by atoms with van der Waals surface area (Å²) in [6, 6.07) is 7.58. The van der Waals surface area contributed by atoms with Crippen LogP contribution in [-0.4, -0.2) is 97.1 Å². The number of hydrogen-bond donors (Lipinski definition) is 0. The summed E-state index contributed by atoms with van der Waals surface area (Å²) in [5.41, 5.74) is 1.08. The summed E-state index contributed by atoms with van der Waals surface area (Å²) in [5, 5.41) is 4.93. The summed E-state index contributed by atoms with van der Waals surface area (Å²) < 4.78 is 30.5. The number of unbranched alkanes of at least 4 members (excludes halogenated alkanes) is 1. The lowest BCUT2D eigenvalue weighted by atomic mass is 10.2. The Balaban J connectivity index is 1.50. The van der Waals surface area contributed by atoms with Gasteiger partial charge in [0.25, 0.3) is 15.9 Å². The van der Waals surface area contributed by atoms with Crippen molar-refractivity contribution in [2.75, 3.05) is 63.8 Å². The van der Waals surface area contributed by atoms with E-state index < -0.39 is 10.0 Å². The molecule has 2 aliphatic heterocycles. The van der Waals surface area contributed by atoms with Gasteiger partial charge in [-0.15, -0.1) is 0 Å². The first kappa shape index (κ1) is 26.9. The summed E-state index contributed by atoms with van der Waals surface area (Å²) in [7, 11) is -3.93. The highest BCUT2D eigenvalue weighted by Gasteiger charge is 2.36. The quantitative estimate of drug-likeness (QED) is 0.490. The second kappa shape index (κ2) is 11.9. The van der Waals surface area contributed by atoms with Crippen LogP contribution in [0.3, 0.4) is 0 Å². The monoisotopic (exact) mass is 536 g/mol. The smallest absolute Gasteiger partial charge is 0.263 e. The van der Waals surface area contributed by atoms with E-state index in [0.717, 1.165) is 44.6 Å². The van der Waals surface area contributed by atoms with E-state index >= 15 is 0 Å². The molecule has 1 aromatic heterocycles. The van der Waals surface area contributed by atoms with Crippen LogP contribution < -0.4 is 4.90 Å². The Morgan fingerprint density at radius 2 is 1.64 bits per heavy atom. The normalized spacial score (nSPS) is 18.1. The van der Waals surface area contributed by atoms with Crippen molar-refractivity contribution < 1.29 is 13.2 Å². The molecule has 0 N–H and O–H groups in total. The molecule has 36 heavy (non-hydrogen) atoms. The molecule has 0 saturated carbocycles. The number of sulfonamides is 1. The van der Waals surface area contributed by atoms with Crippen LogP contribution in [-0.2, 0) is 16.6 Å². The van der Waals surface area contributed by atoms with E-state index in [4.69, 9.17) is 11.6 Å². The van der Waals surface area contributed by atoms with Crippen molar-refractivity contribution in [3.05, 3.63) is 41.0 Å². The number of piperazine rings is 2. The second-order valence-corrected chi connectivity index (χ2v) is 11.7. The van der Waals surface area contributed by atoms with E-state index in [1.807, 2.05) is 31.2 Å². The van der Waals surface area contributed by atoms with Crippen molar-refractivity contribution in [3.63, 3.8) is 0 Å². The van der Waals surface area contributed by atoms with Crippen LogP contribution in [0, 0.1) is 0 Å². The molecule has 0 aliphatic carbocycles. The number of carbonyl (C=O) groups is 1. The molecule has 1 amide bonds. The van der Waals surface area contributed by atoms with Crippen LogP contribution in [0.15, 0.2) is 35.5 Å². The van der Waals surface area contributed by atoms with Gasteiger partial charge in [0, 0.05) is 65.1 Å². The fraction of sp³-hybridized carbons (Fsp3) is 0.600. The molecule has 2 saturated heterocycles. The number of rotatable bonds is 9. The van der Waals surface area contributed by atoms with Gasteiger partial charge in [0.15, 0.2) is 0 Å². The Labute approximate surface area is 219 Å². The second-order valence-electron chi connectivity index (χ2n) is 9.44. The minimum absolute atomic E-state index is 0.124. The van der Waals surface area contributed by atoms with Crippen molar-refractivity contribution in [3.8, 4) is 0 Å². The molecule has 0 spiro atoms. The number of hydrogen-bond acceptors (Lipinski definition) is 6. The van der Waals surface area contributed by atoms with Crippen LogP contribution in [0.4, 0.5) is 5.69 Å². The van der Waals surface area contributed by atoms with Gasteiger partial charge in [-0.05, 0) is 31.5 Å². The summed E-state index contributed by atoms with van der Waals surface area (Å²) >= 11 is 6.34. The number of aryl methyl sites for hydroxylation is 1. The summed E-state index contributed by atoms with van der Waals surface area (Å²) in [6.45, 7) is 10.2. The van der Waals surface area contributed by atoms with Gasteiger partial charge in [-0.3, -0.25) is 14.4 Å². The number of amides is 1. The lowest BCUT2D eigenvalue weighted by Gasteiger charge is -2.36. The third kappa shape index (κ3) is 5.88. The van der Waals surface area contributed by atoms with Crippen LogP contribution in [0.5, 0.6) is 0 Å². The maximum atomic E-state index is 13.7. The molecule has 11 heteroatoms. The zero-order valence-electron chi connectivity index (χ0n) is 21.3. The average Bonchev–Trinajstić information content (AvgIpc) is 3.33.